The third-order valence-corrected chi connectivity index (χ3v) is 2.01. The van der Waals surface area contributed by atoms with Gasteiger partial charge in [0.25, 0.3) is 0 Å². The minimum Gasteiger partial charge on any atom is -0.464 e. The van der Waals surface area contributed by atoms with Crippen LogP contribution >= 0.6 is 0 Å². The molecule has 0 aliphatic rings. The van der Waals surface area contributed by atoms with Crippen molar-refractivity contribution < 1.29 is 4.42 Å². The van der Waals surface area contributed by atoms with Gasteiger partial charge in [0.2, 0.25) is 0 Å². The number of hydrogen-bond donors (Lipinski definition) is 1. The predicted octanol–water partition coefficient (Wildman–Crippen LogP) is 2.40. The molecule has 0 aliphatic carbocycles. The molecule has 0 unspecified atom stereocenters. The number of benzene rings is 1. The largest absolute Gasteiger partial charge is 0.464 e. The Balaban J connectivity index is 2.61. The molecule has 0 amide bonds. The molecule has 0 saturated carbocycles. The zero-order valence-electron chi connectivity index (χ0n) is 7.40. The number of nitrogen functional groups attached to an aromatic ring is 1. The summed E-state index contributed by atoms with van der Waals surface area (Å²) >= 11 is 0. The molecule has 14 heavy (non-hydrogen) atoms. The minimum absolute atomic E-state index is 0.463. The molecule has 1 aromatic heterocycles. The van der Waals surface area contributed by atoms with E-state index in [1.165, 1.54) is 0 Å². The molecular weight excluding hydrogens is 176 g/mol. The first-order chi connectivity index (χ1) is 6.83. The summed E-state index contributed by atoms with van der Waals surface area (Å²) in [7, 11) is 0. The molecule has 2 N–H and O–H groups in total. The number of rotatable bonds is 1. The van der Waals surface area contributed by atoms with Crippen molar-refractivity contribution in [2.24, 2.45) is 0 Å². The molecule has 0 atom stereocenters. The van der Waals surface area contributed by atoms with Crippen molar-refractivity contribution in [3.63, 3.8) is 0 Å². The van der Waals surface area contributed by atoms with Crippen LogP contribution in [0, 0.1) is 11.3 Å². The highest BCUT2D eigenvalue weighted by Gasteiger charge is 2.07. The lowest BCUT2D eigenvalue weighted by molar-refractivity contribution is 0.582. The third kappa shape index (κ3) is 1.23. The van der Waals surface area contributed by atoms with Gasteiger partial charge in [-0.15, -0.1) is 0 Å². The quantitative estimate of drug-likeness (QED) is 0.692. The van der Waals surface area contributed by atoms with Gasteiger partial charge in [-0.05, 0) is 24.3 Å². The van der Waals surface area contributed by atoms with E-state index in [4.69, 9.17) is 15.4 Å². The van der Waals surface area contributed by atoms with Gasteiger partial charge >= 0.3 is 0 Å². The van der Waals surface area contributed by atoms with E-state index in [9.17, 15) is 0 Å². The Morgan fingerprint density at radius 3 is 2.71 bits per heavy atom. The number of nitrogens with two attached hydrogens (primary N) is 1. The topological polar surface area (TPSA) is 63.0 Å². The van der Waals surface area contributed by atoms with E-state index >= 15 is 0 Å². The summed E-state index contributed by atoms with van der Waals surface area (Å²) in [5, 5.41) is 8.78. The molecule has 3 heteroatoms. The summed E-state index contributed by atoms with van der Waals surface area (Å²) in [5.74, 6) is 0.680. The third-order valence-electron chi connectivity index (χ3n) is 2.01. The lowest BCUT2D eigenvalue weighted by Gasteiger charge is -2.02. The molecule has 0 saturated heterocycles. The van der Waals surface area contributed by atoms with E-state index in [1.54, 1.807) is 24.5 Å². The molecule has 0 spiro atoms. The monoisotopic (exact) mass is 184 g/mol. The van der Waals surface area contributed by atoms with Crippen molar-refractivity contribution >= 4 is 5.69 Å². The van der Waals surface area contributed by atoms with Crippen molar-refractivity contribution in [3.05, 3.63) is 42.2 Å². The molecule has 68 valence electrons. The number of nitrogens with zero attached hydrogens (tertiary/aromatic N) is 1. The molecule has 0 radical (unpaired) electrons. The van der Waals surface area contributed by atoms with Crippen LogP contribution in [0.4, 0.5) is 5.69 Å². The van der Waals surface area contributed by atoms with E-state index in [-0.39, 0.29) is 0 Å². The van der Waals surface area contributed by atoms with Crippen LogP contribution in [0.15, 0.2) is 41.0 Å². The zero-order valence-corrected chi connectivity index (χ0v) is 7.40. The minimum atomic E-state index is 0.463. The number of hydrogen-bond acceptors (Lipinski definition) is 3. The van der Waals surface area contributed by atoms with Crippen LogP contribution in [0.25, 0.3) is 11.3 Å². The molecule has 0 aliphatic heterocycles. The van der Waals surface area contributed by atoms with Crippen molar-refractivity contribution in [1.82, 2.24) is 0 Å². The van der Waals surface area contributed by atoms with Gasteiger partial charge in [0, 0.05) is 5.56 Å². The Labute approximate surface area is 81.4 Å². The fourth-order valence-electron chi connectivity index (χ4n) is 1.31. The van der Waals surface area contributed by atoms with Crippen LogP contribution in [-0.4, -0.2) is 0 Å². The molecular formula is C11H8N2O. The molecule has 3 nitrogen and oxygen atoms in total. The van der Waals surface area contributed by atoms with Crippen molar-refractivity contribution in [2.45, 2.75) is 0 Å². The number of nitriles is 1. The van der Waals surface area contributed by atoms with Crippen LogP contribution in [0.1, 0.15) is 5.56 Å². The van der Waals surface area contributed by atoms with Crippen LogP contribution in [0.2, 0.25) is 0 Å². The predicted molar refractivity (Wildman–Crippen MR) is 53.3 cm³/mol. The van der Waals surface area contributed by atoms with E-state index in [2.05, 4.69) is 0 Å². The SMILES string of the molecule is N#Cc1cccc(-c2ccco2)c1N. The van der Waals surface area contributed by atoms with E-state index in [1.807, 2.05) is 18.2 Å². The highest BCUT2D eigenvalue weighted by molar-refractivity contribution is 5.77. The van der Waals surface area contributed by atoms with Gasteiger partial charge in [-0.3, -0.25) is 0 Å². The second-order valence-electron chi connectivity index (χ2n) is 2.86. The Hall–Kier alpha value is -2.21. The molecule has 2 rings (SSSR count). The molecule has 1 aromatic carbocycles. The van der Waals surface area contributed by atoms with E-state index < -0.39 is 0 Å². The maximum Gasteiger partial charge on any atom is 0.135 e. The molecule has 0 bridgehead atoms. The van der Waals surface area contributed by atoms with Gasteiger partial charge in [-0.1, -0.05) is 6.07 Å². The summed E-state index contributed by atoms with van der Waals surface area (Å²) < 4.78 is 5.21. The smallest absolute Gasteiger partial charge is 0.135 e. The normalized spacial score (nSPS) is 9.64. The van der Waals surface area contributed by atoms with Gasteiger partial charge in [0.05, 0.1) is 17.5 Å². The maximum absolute atomic E-state index is 8.78. The first kappa shape index (κ1) is 8.39. The lowest BCUT2D eigenvalue weighted by Crippen LogP contribution is -1.92. The van der Waals surface area contributed by atoms with Gasteiger partial charge in [0.1, 0.15) is 11.8 Å². The van der Waals surface area contributed by atoms with Crippen LogP contribution in [-0.2, 0) is 0 Å². The first-order valence-corrected chi connectivity index (χ1v) is 4.15. The maximum atomic E-state index is 8.78. The molecule has 0 fully saturated rings. The number of anilines is 1. The van der Waals surface area contributed by atoms with Crippen LogP contribution < -0.4 is 5.73 Å². The van der Waals surface area contributed by atoms with Gasteiger partial charge in [-0.25, -0.2) is 0 Å². The lowest BCUT2D eigenvalue weighted by atomic mass is 10.1. The Bertz CT molecular complexity index is 480. The van der Waals surface area contributed by atoms with Crippen LogP contribution in [0.3, 0.4) is 0 Å². The number of furan rings is 1. The fraction of sp³-hybridized carbons (Fsp3) is 0. The van der Waals surface area contributed by atoms with Crippen molar-refractivity contribution in [2.75, 3.05) is 5.73 Å². The van der Waals surface area contributed by atoms with E-state index in [0.717, 1.165) is 5.56 Å². The van der Waals surface area contributed by atoms with Crippen LogP contribution in [0.5, 0.6) is 0 Å². The summed E-state index contributed by atoms with van der Waals surface area (Å²) in [6.45, 7) is 0. The first-order valence-electron chi connectivity index (χ1n) is 4.15. The average Bonchev–Trinajstić information content (AvgIpc) is 2.71. The van der Waals surface area contributed by atoms with Crippen molar-refractivity contribution in [1.29, 1.82) is 5.26 Å². The number of para-hydroxylation sites is 1. The summed E-state index contributed by atoms with van der Waals surface area (Å²) in [5.41, 5.74) is 7.50. The molecule has 1 heterocycles. The highest BCUT2D eigenvalue weighted by atomic mass is 16.3. The second kappa shape index (κ2) is 3.27. The molecule has 2 aromatic rings. The fourth-order valence-corrected chi connectivity index (χ4v) is 1.31. The summed E-state index contributed by atoms with van der Waals surface area (Å²) in [4.78, 5) is 0. The van der Waals surface area contributed by atoms with Gasteiger partial charge in [0.15, 0.2) is 0 Å². The highest BCUT2D eigenvalue weighted by Crippen LogP contribution is 2.28. The van der Waals surface area contributed by atoms with E-state index in [0.29, 0.717) is 17.0 Å². The van der Waals surface area contributed by atoms with Crippen molar-refractivity contribution in [3.8, 4) is 17.4 Å². The van der Waals surface area contributed by atoms with Gasteiger partial charge in [-0.2, -0.15) is 5.26 Å². The average molecular weight is 184 g/mol. The van der Waals surface area contributed by atoms with Gasteiger partial charge < -0.3 is 10.2 Å². The standard InChI is InChI=1S/C11H8N2O/c12-7-8-3-1-4-9(11(8)13)10-5-2-6-14-10/h1-6H,13H2. The Morgan fingerprint density at radius 1 is 1.21 bits per heavy atom. The summed E-state index contributed by atoms with van der Waals surface area (Å²) in [6, 6.07) is 10.9. The summed E-state index contributed by atoms with van der Waals surface area (Å²) in [6.07, 6.45) is 1.58. The Morgan fingerprint density at radius 2 is 2.07 bits per heavy atom. The second-order valence-corrected chi connectivity index (χ2v) is 2.86. The zero-order chi connectivity index (χ0) is 9.97. The Kier molecular flexibility index (Phi) is 1.96.